The molecular formula is C20H24O4. The molecule has 0 aliphatic rings. The van der Waals surface area contributed by atoms with Gasteiger partial charge in [-0.1, -0.05) is 6.07 Å². The maximum absolute atomic E-state index is 10.9. The van der Waals surface area contributed by atoms with Crippen molar-refractivity contribution in [1.29, 1.82) is 0 Å². The monoisotopic (exact) mass is 328 g/mol. The van der Waals surface area contributed by atoms with Crippen molar-refractivity contribution in [1.82, 2.24) is 0 Å². The van der Waals surface area contributed by atoms with E-state index in [4.69, 9.17) is 14.2 Å². The maximum atomic E-state index is 10.9. The summed E-state index contributed by atoms with van der Waals surface area (Å²) < 4.78 is 17.1. The Kier molecular flexibility index (Phi) is 6.24. The fourth-order valence-electron chi connectivity index (χ4n) is 2.44. The summed E-state index contributed by atoms with van der Waals surface area (Å²) in [5.74, 6) is 2.07. The molecule has 0 unspecified atom stereocenters. The Morgan fingerprint density at radius 2 is 1.58 bits per heavy atom. The molecule has 0 amide bonds. The molecule has 0 aromatic heterocycles. The Hall–Kier alpha value is -2.49. The molecule has 0 atom stereocenters. The number of carbonyl (C=O) groups excluding carboxylic acids is 1. The van der Waals surface area contributed by atoms with Crippen molar-refractivity contribution in [3.8, 4) is 17.2 Å². The average molecular weight is 328 g/mol. The van der Waals surface area contributed by atoms with Gasteiger partial charge in [0.05, 0.1) is 6.61 Å². The zero-order valence-corrected chi connectivity index (χ0v) is 14.7. The molecule has 0 fully saturated rings. The SMILES string of the molecule is CCOc1cc(C=O)ccc1OCCOc1cc(C)cc(C)c1C. The van der Waals surface area contributed by atoms with Crippen molar-refractivity contribution < 1.29 is 19.0 Å². The van der Waals surface area contributed by atoms with Gasteiger partial charge in [0.15, 0.2) is 11.5 Å². The molecule has 2 rings (SSSR count). The number of ether oxygens (including phenoxy) is 3. The van der Waals surface area contributed by atoms with E-state index in [1.807, 2.05) is 13.0 Å². The fourth-order valence-corrected chi connectivity index (χ4v) is 2.44. The molecule has 0 aliphatic heterocycles. The predicted molar refractivity (Wildman–Crippen MR) is 94.6 cm³/mol. The van der Waals surface area contributed by atoms with Gasteiger partial charge < -0.3 is 14.2 Å². The van der Waals surface area contributed by atoms with E-state index in [9.17, 15) is 4.79 Å². The summed E-state index contributed by atoms with van der Waals surface area (Å²) >= 11 is 0. The van der Waals surface area contributed by atoms with Gasteiger partial charge in [0, 0.05) is 5.56 Å². The first-order chi connectivity index (χ1) is 11.5. The lowest BCUT2D eigenvalue weighted by Gasteiger charge is -2.14. The number of carbonyl (C=O) groups is 1. The Morgan fingerprint density at radius 3 is 2.25 bits per heavy atom. The number of benzene rings is 2. The number of hydrogen-bond donors (Lipinski definition) is 0. The van der Waals surface area contributed by atoms with Crippen molar-refractivity contribution in [2.45, 2.75) is 27.7 Å². The van der Waals surface area contributed by atoms with E-state index >= 15 is 0 Å². The molecule has 128 valence electrons. The van der Waals surface area contributed by atoms with E-state index in [1.54, 1.807) is 18.2 Å². The van der Waals surface area contributed by atoms with E-state index < -0.39 is 0 Å². The molecule has 0 spiro atoms. The second kappa shape index (κ2) is 8.39. The highest BCUT2D eigenvalue weighted by Crippen LogP contribution is 2.28. The summed E-state index contributed by atoms with van der Waals surface area (Å²) in [6.45, 7) is 9.42. The van der Waals surface area contributed by atoms with Crippen molar-refractivity contribution in [3.05, 3.63) is 52.6 Å². The van der Waals surface area contributed by atoms with Crippen molar-refractivity contribution in [2.24, 2.45) is 0 Å². The van der Waals surface area contributed by atoms with Crippen LogP contribution in [0.2, 0.25) is 0 Å². The third-order valence-corrected chi connectivity index (χ3v) is 3.77. The zero-order chi connectivity index (χ0) is 17.5. The average Bonchev–Trinajstić information content (AvgIpc) is 2.57. The molecule has 0 heterocycles. The zero-order valence-electron chi connectivity index (χ0n) is 14.7. The molecule has 0 radical (unpaired) electrons. The van der Waals surface area contributed by atoms with E-state index in [0.717, 1.165) is 17.6 Å². The summed E-state index contributed by atoms with van der Waals surface area (Å²) in [6, 6.07) is 9.31. The number of hydrogen-bond acceptors (Lipinski definition) is 4. The summed E-state index contributed by atoms with van der Waals surface area (Å²) in [5, 5.41) is 0. The van der Waals surface area contributed by atoms with Crippen LogP contribution in [0.5, 0.6) is 17.2 Å². The molecule has 0 saturated heterocycles. The first-order valence-corrected chi connectivity index (χ1v) is 8.10. The van der Waals surface area contributed by atoms with Crippen LogP contribution in [-0.4, -0.2) is 26.1 Å². The largest absolute Gasteiger partial charge is 0.490 e. The maximum Gasteiger partial charge on any atom is 0.161 e. The van der Waals surface area contributed by atoms with Gasteiger partial charge in [-0.25, -0.2) is 0 Å². The highest BCUT2D eigenvalue weighted by molar-refractivity contribution is 5.76. The van der Waals surface area contributed by atoms with Crippen LogP contribution < -0.4 is 14.2 Å². The molecule has 24 heavy (non-hydrogen) atoms. The lowest BCUT2D eigenvalue weighted by atomic mass is 10.1. The van der Waals surface area contributed by atoms with Crippen LogP contribution >= 0.6 is 0 Å². The summed E-state index contributed by atoms with van der Waals surface area (Å²) in [4.78, 5) is 10.9. The van der Waals surface area contributed by atoms with Gasteiger partial charge in [-0.2, -0.15) is 0 Å². The van der Waals surface area contributed by atoms with Gasteiger partial charge in [0.1, 0.15) is 25.2 Å². The van der Waals surface area contributed by atoms with Crippen LogP contribution in [-0.2, 0) is 0 Å². The van der Waals surface area contributed by atoms with Gasteiger partial charge in [-0.15, -0.1) is 0 Å². The Labute approximate surface area is 143 Å². The van der Waals surface area contributed by atoms with Crippen molar-refractivity contribution in [3.63, 3.8) is 0 Å². The standard InChI is InChI=1S/C20H24O4/c1-5-22-20-12-17(13-21)6-7-18(20)23-8-9-24-19-11-14(2)10-15(3)16(19)4/h6-7,10-13H,5,8-9H2,1-4H3. The predicted octanol–water partition coefficient (Wildman–Crippen LogP) is 4.28. The highest BCUT2D eigenvalue weighted by Gasteiger charge is 2.07. The van der Waals surface area contributed by atoms with Crippen molar-refractivity contribution in [2.75, 3.05) is 19.8 Å². The molecule has 4 nitrogen and oxygen atoms in total. The smallest absolute Gasteiger partial charge is 0.161 e. The lowest BCUT2D eigenvalue weighted by Crippen LogP contribution is -2.11. The van der Waals surface area contributed by atoms with Crippen LogP contribution in [0.3, 0.4) is 0 Å². The van der Waals surface area contributed by atoms with Crippen LogP contribution in [0.1, 0.15) is 34.0 Å². The summed E-state index contributed by atoms with van der Waals surface area (Å²) in [7, 11) is 0. The Morgan fingerprint density at radius 1 is 0.875 bits per heavy atom. The second-order valence-corrected chi connectivity index (χ2v) is 5.66. The second-order valence-electron chi connectivity index (χ2n) is 5.66. The van der Waals surface area contributed by atoms with E-state index in [1.165, 1.54) is 11.1 Å². The molecule has 0 saturated carbocycles. The number of aldehydes is 1. The summed E-state index contributed by atoms with van der Waals surface area (Å²) in [6.07, 6.45) is 0.790. The minimum atomic E-state index is 0.396. The fraction of sp³-hybridized carbons (Fsp3) is 0.350. The molecular weight excluding hydrogens is 304 g/mol. The molecule has 0 N–H and O–H groups in total. The van der Waals surface area contributed by atoms with Crippen molar-refractivity contribution >= 4 is 6.29 Å². The van der Waals surface area contributed by atoms with Crippen LogP contribution in [0.4, 0.5) is 0 Å². The Bertz CT molecular complexity index is 707. The molecule has 4 heteroatoms. The normalized spacial score (nSPS) is 10.3. The first-order valence-electron chi connectivity index (χ1n) is 8.10. The topological polar surface area (TPSA) is 44.8 Å². The van der Waals surface area contributed by atoms with Gasteiger partial charge in [-0.05, 0) is 68.7 Å². The summed E-state index contributed by atoms with van der Waals surface area (Å²) in [5.41, 5.74) is 4.10. The van der Waals surface area contributed by atoms with Crippen LogP contribution in [0.25, 0.3) is 0 Å². The lowest BCUT2D eigenvalue weighted by molar-refractivity contribution is 0.112. The van der Waals surface area contributed by atoms with E-state index in [-0.39, 0.29) is 0 Å². The van der Waals surface area contributed by atoms with Gasteiger partial charge in [0.2, 0.25) is 0 Å². The minimum absolute atomic E-state index is 0.396. The number of aryl methyl sites for hydroxylation is 2. The number of rotatable bonds is 8. The van der Waals surface area contributed by atoms with E-state index in [2.05, 4.69) is 26.8 Å². The molecule has 2 aromatic carbocycles. The third kappa shape index (κ3) is 4.51. The Balaban J connectivity index is 1.96. The van der Waals surface area contributed by atoms with E-state index in [0.29, 0.717) is 36.9 Å². The highest BCUT2D eigenvalue weighted by atomic mass is 16.5. The molecule has 0 bridgehead atoms. The quantitative estimate of drug-likeness (QED) is 0.536. The first kappa shape index (κ1) is 17.9. The van der Waals surface area contributed by atoms with Gasteiger partial charge >= 0.3 is 0 Å². The minimum Gasteiger partial charge on any atom is -0.490 e. The molecule has 2 aromatic rings. The van der Waals surface area contributed by atoms with Crippen LogP contribution in [0.15, 0.2) is 30.3 Å². The third-order valence-electron chi connectivity index (χ3n) is 3.77. The molecule has 0 aliphatic carbocycles. The van der Waals surface area contributed by atoms with Crippen LogP contribution in [0, 0.1) is 20.8 Å². The van der Waals surface area contributed by atoms with Gasteiger partial charge in [-0.3, -0.25) is 4.79 Å². The van der Waals surface area contributed by atoms with Gasteiger partial charge in [0.25, 0.3) is 0 Å².